The number of hydrogen-bond donors (Lipinski definition) is 3. The molecule has 1 fully saturated rings. The third-order valence-electron chi connectivity index (χ3n) is 8.89. The zero-order valence-corrected chi connectivity index (χ0v) is 28.5. The molecule has 0 radical (unpaired) electrons. The molecule has 262 valence electrons. The van der Waals surface area contributed by atoms with E-state index >= 15 is 4.57 Å². The van der Waals surface area contributed by atoms with Crippen molar-refractivity contribution in [3.63, 3.8) is 0 Å². The number of carboxylic acids is 1. The van der Waals surface area contributed by atoms with E-state index in [2.05, 4.69) is 10.6 Å². The summed E-state index contributed by atoms with van der Waals surface area (Å²) in [6.45, 7) is 0.113. The van der Waals surface area contributed by atoms with E-state index in [1.54, 1.807) is 60.7 Å². The van der Waals surface area contributed by atoms with Gasteiger partial charge in [-0.1, -0.05) is 84.9 Å². The van der Waals surface area contributed by atoms with Gasteiger partial charge in [0.15, 0.2) is 0 Å². The molecule has 6 rings (SSSR count). The van der Waals surface area contributed by atoms with E-state index in [4.69, 9.17) is 9.63 Å². The SMILES string of the molecule is O=C(O)Cc1ccc(NC(=O)[C@H](Cc2ccccc2)NC(=O)[C@@H]2CCCN2[P@](=O)(CN2C(=O)c3ccccc3C2=O)OCc2ccccc2)cc1. The van der Waals surface area contributed by atoms with Crippen molar-refractivity contribution in [1.82, 2.24) is 14.9 Å². The first-order valence-electron chi connectivity index (χ1n) is 16.6. The number of carbonyl (C=O) groups is 5. The molecule has 13 heteroatoms. The average molecular weight is 709 g/mol. The average Bonchev–Trinajstić information content (AvgIpc) is 3.73. The van der Waals surface area contributed by atoms with Crippen molar-refractivity contribution in [3.05, 3.63) is 137 Å². The number of benzene rings is 4. The Labute approximate surface area is 294 Å². The van der Waals surface area contributed by atoms with Crippen LogP contribution in [0.4, 0.5) is 5.69 Å². The molecule has 2 heterocycles. The Hall–Kier alpha value is -5.42. The molecule has 1 saturated heterocycles. The first kappa shape index (κ1) is 35.4. The molecule has 2 aliphatic heterocycles. The van der Waals surface area contributed by atoms with Crippen molar-refractivity contribution in [1.29, 1.82) is 0 Å². The second-order valence-electron chi connectivity index (χ2n) is 12.5. The van der Waals surface area contributed by atoms with Crippen molar-refractivity contribution < 1.29 is 38.2 Å². The number of aliphatic carboxylic acids is 1. The zero-order chi connectivity index (χ0) is 36.0. The molecule has 0 spiro atoms. The number of hydrogen-bond acceptors (Lipinski definition) is 7. The smallest absolute Gasteiger partial charge is 0.307 e. The Morgan fingerprint density at radius 1 is 0.804 bits per heavy atom. The summed E-state index contributed by atoms with van der Waals surface area (Å²) >= 11 is 0. The Balaban J connectivity index is 1.24. The van der Waals surface area contributed by atoms with Gasteiger partial charge in [-0.05, 0) is 53.8 Å². The number of nitrogens with zero attached hydrogens (tertiary/aromatic N) is 2. The third kappa shape index (κ3) is 8.32. The van der Waals surface area contributed by atoms with Crippen LogP contribution in [0.5, 0.6) is 0 Å². The molecule has 4 aromatic carbocycles. The highest BCUT2D eigenvalue weighted by Crippen LogP contribution is 2.56. The lowest BCUT2D eigenvalue weighted by Gasteiger charge is -2.34. The van der Waals surface area contributed by atoms with Gasteiger partial charge < -0.3 is 20.3 Å². The third-order valence-corrected chi connectivity index (χ3v) is 11.3. The highest BCUT2D eigenvalue weighted by atomic mass is 31.2. The molecule has 4 aromatic rings. The van der Waals surface area contributed by atoms with E-state index in [0.717, 1.165) is 16.0 Å². The number of imide groups is 1. The highest BCUT2D eigenvalue weighted by molar-refractivity contribution is 7.56. The summed E-state index contributed by atoms with van der Waals surface area (Å²) in [5, 5.41) is 14.8. The monoisotopic (exact) mass is 708 g/mol. The zero-order valence-electron chi connectivity index (χ0n) is 27.6. The van der Waals surface area contributed by atoms with Gasteiger partial charge in [-0.2, -0.15) is 0 Å². The van der Waals surface area contributed by atoms with Crippen molar-refractivity contribution >= 4 is 42.8 Å². The van der Waals surface area contributed by atoms with Crippen LogP contribution in [0.2, 0.25) is 0 Å². The van der Waals surface area contributed by atoms with E-state index in [1.165, 1.54) is 4.67 Å². The normalized spacial score (nSPS) is 17.4. The van der Waals surface area contributed by atoms with Gasteiger partial charge in [0, 0.05) is 18.7 Å². The minimum atomic E-state index is -4.08. The van der Waals surface area contributed by atoms with Gasteiger partial charge in [-0.15, -0.1) is 0 Å². The molecule has 0 bridgehead atoms. The van der Waals surface area contributed by atoms with E-state index in [0.29, 0.717) is 24.1 Å². The Bertz CT molecular complexity index is 1940. The number of rotatable bonds is 14. The van der Waals surface area contributed by atoms with Crippen molar-refractivity contribution in [2.75, 3.05) is 18.1 Å². The fourth-order valence-electron chi connectivity index (χ4n) is 6.31. The fourth-order valence-corrected chi connectivity index (χ4v) is 8.76. The molecule has 51 heavy (non-hydrogen) atoms. The summed E-state index contributed by atoms with van der Waals surface area (Å²) < 4.78 is 22.6. The van der Waals surface area contributed by atoms with Crippen molar-refractivity contribution in [2.24, 2.45) is 0 Å². The molecule has 3 N–H and O–H groups in total. The first-order chi connectivity index (χ1) is 24.6. The molecule has 12 nitrogen and oxygen atoms in total. The lowest BCUT2D eigenvalue weighted by atomic mass is 10.0. The molecule has 3 atom stereocenters. The predicted molar refractivity (Wildman–Crippen MR) is 189 cm³/mol. The Morgan fingerprint density at radius 3 is 2.00 bits per heavy atom. The lowest BCUT2D eigenvalue weighted by Crippen LogP contribution is -2.51. The molecule has 0 aliphatic carbocycles. The van der Waals surface area contributed by atoms with E-state index in [9.17, 15) is 24.0 Å². The number of nitrogens with one attached hydrogen (secondary N) is 2. The van der Waals surface area contributed by atoms with Crippen LogP contribution in [0.3, 0.4) is 0 Å². The minimum Gasteiger partial charge on any atom is -0.481 e. The lowest BCUT2D eigenvalue weighted by molar-refractivity contribution is -0.136. The van der Waals surface area contributed by atoms with Crippen LogP contribution in [0.25, 0.3) is 0 Å². The Morgan fingerprint density at radius 2 is 1.39 bits per heavy atom. The topological polar surface area (TPSA) is 162 Å². The Kier molecular flexibility index (Phi) is 10.9. The largest absolute Gasteiger partial charge is 0.481 e. The van der Waals surface area contributed by atoms with Gasteiger partial charge in [0.05, 0.1) is 30.2 Å². The van der Waals surface area contributed by atoms with Gasteiger partial charge in [0.2, 0.25) is 11.8 Å². The van der Waals surface area contributed by atoms with E-state index < -0.39 is 55.5 Å². The van der Waals surface area contributed by atoms with E-state index in [1.807, 2.05) is 48.5 Å². The summed E-state index contributed by atoms with van der Waals surface area (Å²) in [4.78, 5) is 66.5. The number of anilines is 1. The van der Waals surface area contributed by atoms with Crippen LogP contribution in [-0.4, -0.2) is 69.2 Å². The molecule has 4 amide bonds. The molecule has 2 aliphatic rings. The van der Waals surface area contributed by atoms with Crippen LogP contribution < -0.4 is 10.6 Å². The molecule has 0 aromatic heterocycles. The standard InChI is InChI=1S/C38H37N4O8P/c43-34(44)23-27-17-19-29(20-18-27)39-35(45)32(22-26-10-3-1-4-11-26)40-36(46)33-16-9-21-42(33)51(49,50-24-28-12-5-2-6-13-28)25-41-37(47)30-14-7-8-15-31(30)38(41)48/h1-8,10-15,17-20,32-33H,9,16,21-25H2,(H,39,45)(H,40,46)(H,43,44)/t32-,33-,51-/m0/s1. The molecule has 0 unspecified atom stereocenters. The van der Waals surface area contributed by atoms with Crippen LogP contribution in [-0.2, 0) is 42.9 Å². The van der Waals surface area contributed by atoms with E-state index in [-0.39, 0.29) is 37.1 Å². The fraction of sp³-hybridized carbons (Fsp3) is 0.237. The van der Waals surface area contributed by atoms with Crippen molar-refractivity contribution in [2.45, 2.75) is 44.4 Å². The van der Waals surface area contributed by atoms with Gasteiger partial charge >= 0.3 is 5.97 Å². The molecular weight excluding hydrogens is 671 g/mol. The summed E-state index contributed by atoms with van der Waals surface area (Å²) in [7, 11) is -4.08. The second kappa shape index (κ2) is 15.6. The highest BCUT2D eigenvalue weighted by Gasteiger charge is 2.48. The summed E-state index contributed by atoms with van der Waals surface area (Å²) in [6, 6.07) is 29.0. The maximum Gasteiger partial charge on any atom is 0.307 e. The van der Waals surface area contributed by atoms with Gasteiger partial charge in [0.1, 0.15) is 12.3 Å². The minimum absolute atomic E-state index is 0.0869. The van der Waals surface area contributed by atoms with Gasteiger partial charge in [0.25, 0.3) is 19.3 Å². The summed E-state index contributed by atoms with van der Waals surface area (Å²) in [5.74, 6) is -3.20. The summed E-state index contributed by atoms with van der Waals surface area (Å²) in [5.41, 5.74) is 2.91. The number of fused-ring (bicyclic) bond motifs is 1. The summed E-state index contributed by atoms with van der Waals surface area (Å²) in [6.07, 6.45) is 0.223. The van der Waals surface area contributed by atoms with Gasteiger partial charge in [-0.25, -0.2) is 4.67 Å². The van der Waals surface area contributed by atoms with Crippen molar-refractivity contribution in [3.8, 4) is 0 Å². The predicted octanol–water partition coefficient (Wildman–Crippen LogP) is 5.11. The van der Waals surface area contributed by atoms with Crippen LogP contribution >= 0.6 is 7.52 Å². The van der Waals surface area contributed by atoms with Crippen LogP contribution in [0.1, 0.15) is 50.2 Å². The number of amides is 4. The van der Waals surface area contributed by atoms with Crippen LogP contribution in [0, 0.1) is 0 Å². The maximum atomic E-state index is 15.0. The van der Waals surface area contributed by atoms with Crippen LogP contribution in [0.15, 0.2) is 109 Å². The number of carboxylic acid groups (broad SMARTS) is 1. The maximum absolute atomic E-state index is 15.0. The van der Waals surface area contributed by atoms with Gasteiger partial charge in [-0.3, -0.25) is 33.4 Å². The quantitative estimate of drug-likeness (QED) is 0.119. The molecule has 0 saturated carbocycles. The molecular formula is C38H37N4O8P. The number of carbonyl (C=O) groups excluding carboxylic acids is 4. The first-order valence-corrected chi connectivity index (χ1v) is 18.3. The second-order valence-corrected chi connectivity index (χ2v) is 14.8.